The highest BCUT2D eigenvalue weighted by Crippen LogP contribution is 2.31. The standard InChI is InChI=1S/C13H9F5N2O2/c1-6-11(22-13(17)18)19-5-9(20-6)8-3-2-7(14)4-10(8)21-12(15)16/h2-5,12-13H,1H3. The van der Waals surface area contributed by atoms with E-state index in [4.69, 9.17) is 0 Å². The first-order valence-electron chi connectivity index (χ1n) is 5.90. The van der Waals surface area contributed by atoms with Gasteiger partial charge in [0.15, 0.2) is 0 Å². The Labute approximate surface area is 121 Å². The maximum absolute atomic E-state index is 13.1. The number of halogens is 5. The van der Waals surface area contributed by atoms with E-state index in [0.29, 0.717) is 0 Å². The summed E-state index contributed by atoms with van der Waals surface area (Å²) in [6, 6.07) is 2.96. The largest absolute Gasteiger partial charge is 0.434 e. The third kappa shape index (κ3) is 3.80. The fraction of sp³-hybridized carbons (Fsp3) is 0.231. The van der Waals surface area contributed by atoms with Gasteiger partial charge in [-0.3, -0.25) is 0 Å². The van der Waals surface area contributed by atoms with Gasteiger partial charge in [-0.05, 0) is 19.1 Å². The Balaban J connectivity index is 2.41. The van der Waals surface area contributed by atoms with E-state index in [1.54, 1.807) is 0 Å². The third-order valence-electron chi connectivity index (χ3n) is 2.54. The van der Waals surface area contributed by atoms with Crippen molar-refractivity contribution in [3.8, 4) is 22.9 Å². The van der Waals surface area contributed by atoms with Crippen LogP contribution < -0.4 is 9.47 Å². The van der Waals surface area contributed by atoms with E-state index in [0.717, 1.165) is 18.3 Å². The van der Waals surface area contributed by atoms with Gasteiger partial charge < -0.3 is 9.47 Å². The Kier molecular flexibility index (Phi) is 4.74. The summed E-state index contributed by atoms with van der Waals surface area (Å²) in [4.78, 5) is 7.56. The van der Waals surface area contributed by atoms with Crippen molar-refractivity contribution in [3.63, 3.8) is 0 Å². The Morgan fingerprint density at radius 3 is 2.32 bits per heavy atom. The lowest BCUT2D eigenvalue weighted by atomic mass is 10.1. The number of benzene rings is 1. The summed E-state index contributed by atoms with van der Waals surface area (Å²) in [5.41, 5.74) is 0.112. The summed E-state index contributed by atoms with van der Waals surface area (Å²) in [5.74, 6) is -1.61. The number of aromatic nitrogens is 2. The van der Waals surface area contributed by atoms with Gasteiger partial charge in [-0.15, -0.1) is 0 Å². The molecule has 0 radical (unpaired) electrons. The molecule has 0 aliphatic carbocycles. The van der Waals surface area contributed by atoms with Crippen LogP contribution in [0.2, 0.25) is 0 Å². The number of aryl methyl sites for hydroxylation is 1. The number of nitrogens with zero attached hydrogens (tertiary/aromatic N) is 2. The smallest absolute Gasteiger partial charge is 0.388 e. The molecule has 2 aromatic rings. The van der Waals surface area contributed by atoms with Crippen molar-refractivity contribution in [3.05, 3.63) is 35.9 Å². The topological polar surface area (TPSA) is 44.2 Å². The van der Waals surface area contributed by atoms with Crippen molar-refractivity contribution in [1.82, 2.24) is 9.97 Å². The van der Waals surface area contributed by atoms with Crippen LogP contribution in [-0.2, 0) is 0 Å². The van der Waals surface area contributed by atoms with Gasteiger partial charge in [-0.1, -0.05) is 0 Å². The molecule has 1 aromatic heterocycles. The molecular weight excluding hydrogens is 311 g/mol. The molecule has 2 rings (SSSR count). The zero-order valence-corrected chi connectivity index (χ0v) is 11.1. The lowest BCUT2D eigenvalue weighted by molar-refractivity contribution is -0.0538. The molecule has 0 aliphatic rings. The minimum absolute atomic E-state index is 0.0186. The minimum Gasteiger partial charge on any atom is -0.434 e. The molecule has 0 aliphatic heterocycles. The van der Waals surface area contributed by atoms with Crippen LogP contribution in [0.15, 0.2) is 24.4 Å². The quantitative estimate of drug-likeness (QED) is 0.786. The Bertz CT molecular complexity index is 667. The molecule has 0 saturated heterocycles. The Hall–Kier alpha value is -2.45. The van der Waals surface area contributed by atoms with Gasteiger partial charge in [0.05, 0.1) is 11.9 Å². The average Bonchev–Trinajstić information content (AvgIpc) is 2.40. The highest BCUT2D eigenvalue weighted by molar-refractivity contribution is 5.66. The molecule has 1 heterocycles. The van der Waals surface area contributed by atoms with Gasteiger partial charge in [-0.2, -0.15) is 17.6 Å². The van der Waals surface area contributed by atoms with Crippen LogP contribution in [0.25, 0.3) is 11.3 Å². The maximum atomic E-state index is 13.1. The predicted molar refractivity (Wildman–Crippen MR) is 65.4 cm³/mol. The summed E-state index contributed by atoms with van der Waals surface area (Å²) < 4.78 is 70.5. The first kappa shape index (κ1) is 15.9. The first-order valence-corrected chi connectivity index (χ1v) is 5.90. The van der Waals surface area contributed by atoms with Crippen LogP contribution in [-0.4, -0.2) is 23.2 Å². The Morgan fingerprint density at radius 1 is 1.05 bits per heavy atom. The predicted octanol–water partition coefficient (Wildman–Crippen LogP) is 3.79. The lowest BCUT2D eigenvalue weighted by Crippen LogP contribution is -2.07. The Morgan fingerprint density at radius 2 is 1.73 bits per heavy atom. The van der Waals surface area contributed by atoms with Gasteiger partial charge in [0, 0.05) is 11.6 Å². The van der Waals surface area contributed by atoms with Gasteiger partial charge >= 0.3 is 13.2 Å². The molecule has 0 spiro atoms. The molecule has 0 fully saturated rings. The van der Waals surface area contributed by atoms with Crippen LogP contribution in [0.4, 0.5) is 22.0 Å². The molecule has 0 unspecified atom stereocenters. The minimum atomic E-state index is -3.16. The van der Waals surface area contributed by atoms with Crippen molar-refractivity contribution in [2.75, 3.05) is 0 Å². The molecule has 0 saturated carbocycles. The van der Waals surface area contributed by atoms with Gasteiger partial charge in [0.25, 0.3) is 0 Å². The normalized spacial score (nSPS) is 11.1. The van der Waals surface area contributed by atoms with E-state index in [-0.39, 0.29) is 17.0 Å². The van der Waals surface area contributed by atoms with E-state index < -0.39 is 30.7 Å². The molecule has 9 heteroatoms. The van der Waals surface area contributed by atoms with E-state index in [1.807, 2.05) is 0 Å². The molecule has 0 bridgehead atoms. The second kappa shape index (κ2) is 6.54. The molecule has 0 atom stereocenters. The van der Waals surface area contributed by atoms with Crippen molar-refractivity contribution >= 4 is 0 Å². The number of hydrogen-bond donors (Lipinski definition) is 0. The fourth-order valence-electron chi connectivity index (χ4n) is 1.70. The molecule has 0 amide bonds. The molecule has 0 N–H and O–H groups in total. The van der Waals surface area contributed by atoms with Crippen LogP contribution >= 0.6 is 0 Å². The second-order valence-electron chi connectivity index (χ2n) is 4.04. The molecular formula is C13H9F5N2O2. The zero-order chi connectivity index (χ0) is 16.3. The molecule has 1 aromatic carbocycles. The summed E-state index contributed by atoms with van der Waals surface area (Å²) in [6.07, 6.45) is 1.04. The van der Waals surface area contributed by atoms with Crippen LogP contribution in [0.3, 0.4) is 0 Å². The highest BCUT2D eigenvalue weighted by atomic mass is 19.3. The first-order chi connectivity index (χ1) is 10.4. The SMILES string of the molecule is Cc1nc(-c2ccc(F)cc2OC(F)F)cnc1OC(F)F. The van der Waals surface area contributed by atoms with Gasteiger partial charge in [-0.25, -0.2) is 14.4 Å². The summed E-state index contributed by atoms with van der Waals surface area (Å²) >= 11 is 0. The zero-order valence-electron chi connectivity index (χ0n) is 11.1. The second-order valence-corrected chi connectivity index (χ2v) is 4.04. The summed E-state index contributed by atoms with van der Waals surface area (Å²) in [6.45, 7) is -4.87. The maximum Gasteiger partial charge on any atom is 0.388 e. The van der Waals surface area contributed by atoms with Crippen LogP contribution in [0, 0.1) is 12.7 Å². The summed E-state index contributed by atoms with van der Waals surface area (Å²) in [5, 5.41) is 0. The van der Waals surface area contributed by atoms with E-state index in [2.05, 4.69) is 19.4 Å². The average molecular weight is 320 g/mol. The van der Waals surface area contributed by atoms with Crippen molar-refractivity contribution in [2.45, 2.75) is 20.1 Å². The molecule has 118 valence electrons. The lowest BCUT2D eigenvalue weighted by Gasteiger charge is -2.12. The highest BCUT2D eigenvalue weighted by Gasteiger charge is 2.16. The monoisotopic (exact) mass is 320 g/mol. The summed E-state index contributed by atoms with van der Waals surface area (Å²) in [7, 11) is 0. The number of alkyl halides is 4. The van der Waals surface area contributed by atoms with E-state index in [9.17, 15) is 22.0 Å². The van der Waals surface area contributed by atoms with Crippen molar-refractivity contribution in [2.24, 2.45) is 0 Å². The molecule has 22 heavy (non-hydrogen) atoms. The van der Waals surface area contributed by atoms with Gasteiger partial charge in [0.1, 0.15) is 17.3 Å². The van der Waals surface area contributed by atoms with E-state index >= 15 is 0 Å². The fourth-order valence-corrected chi connectivity index (χ4v) is 1.70. The number of hydrogen-bond acceptors (Lipinski definition) is 4. The van der Waals surface area contributed by atoms with Crippen molar-refractivity contribution < 1.29 is 31.4 Å². The molecule has 4 nitrogen and oxygen atoms in total. The third-order valence-corrected chi connectivity index (χ3v) is 2.54. The number of ether oxygens (including phenoxy) is 2. The number of rotatable bonds is 5. The van der Waals surface area contributed by atoms with Crippen LogP contribution in [0.5, 0.6) is 11.6 Å². The van der Waals surface area contributed by atoms with Crippen molar-refractivity contribution in [1.29, 1.82) is 0 Å². The van der Waals surface area contributed by atoms with Crippen LogP contribution in [0.1, 0.15) is 5.69 Å². The van der Waals surface area contributed by atoms with E-state index in [1.165, 1.54) is 13.0 Å². The van der Waals surface area contributed by atoms with Gasteiger partial charge in [0.2, 0.25) is 5.88 Å².